The highest BCUT2D eigenvalue weighted by atomic mass is 16.5. The van der Waals surface area contributed by atoms with E-state index in [1.54, 1.807) is 25.1 Å². The predicted molar refractivity (Wildman–Crippen MR) is 60.3 cm³/mol. The molecule has 0 heterocycles. The van der Waals surface area contributed by atoms with E-state index >= 15 is 0 Å². The number of benzene rings is 1. The predicted octanol–water partition coefficient (Wildman–Crippen LogP) is 1.98. The molecule has 1 N–H and O–H groups in total. The number of ether oxygens (including phenoxy) is 2. The van der Waals surface area contributed by atoms with Gasteiger partial charge in [-0.3, -0.25) is 0 Å². The number of phenols is 1. The first-order valence-corrected chi connectivity index (χ1v) is 4.89. The number of phenolic OH excluding ortho intramolecular Hbond substituents is 1. The summed E-state index contributed by atoms with van der Waals surface area (Å²) in [7, 11) is 1.47. The quantitative estimate of drug-likeness (QED) is 0.625. The number of esters is 1. The van der Waals surface area contributed by atoms with Crippen molar-refractivity contribution >= 4 is 12.0 Å². The molecule has 16 heavy (non-hydrogen) atoms. The van der Waals surface area contributed by atoms with Crippen molar-refractivity contribution in [3.05, 3.63) is 29.8 Å². The SMILES string of the molecule is CCOC(=O)/C=C\c1ccc(O)c(OC)c1. The van der Waals surface area contributed by atoms with Crippen molar-refractivity contribution in [2.24, 2.45) is 0 Å². The van der Waals surface area contributed by atoms with Crippen molar-refractivity contribution in [1.82, 2.24) is 0 Å². The first-order chi connectivity index (χ1) is 7.67. The molecular formula is C12H14O4. The minimum absolute atomic E-state index is 0.0655. The molecule has 0 spiro atoms. The molecule has 1 rings (SSSR count). The van der Waals surface area contributed by atoms with E-state index in [1.807, 2.05) is 0 Å². The average molecular weight is 222 g/mol. The standard InChI is InChI=1S/C12H14O4/c1-3-16-12(14)7-5-9-4-6-10(13)11(8-9)15-2/h4-8,13H,3H2,1-2H3/b7-5-. The van der Waals surface area contributed by atoms with Crippen molar-refractivity contribution in [1.29, 1.82) is 0 Å². The molecule has 86 valence electrons. The fraction of sp³-hybridized carbons (Fsp3) is 0.250. The van der Waals surface area contributed by atoms with Crippen LogP contribution in [0.5, 0.6) is 11.5 Å². The molecule has 0 saturated carbocycles. The lowest BCUT2D eigenvalue weighted by Crippen LogP contribution is -1.98. The molecule has 1 aromatic rings. The van der Waals surface area contributed by atoms with Gasteiger partial charge in [-0.15, -0.1) is 0 Å². The number of methoxy groups -OCH3 is 1. The highest BCUT2D eigenvalue weighted by Gasteiger charge is 2.01. The number of aromatic hydroxyl groups is 1. The number of hydrogen-bond donors (Lipinski definition) is 1. The van der Waals surface area contributed by atoms with Gasteiger partial charge in [-0.2, -0.15) is 0 Å². The van der Waals surface area contributed by atoms with Gasteiger partial charge >= 0.3 is 5.97 Å². The molecule has 1 aromatic carbocycles. The molecule has 0 aliphatic carbocycles. The van der Waals surface area contributed by atoms with Gasteiger partial charge in [-0.05, 0) is 30.7 Å². The van der Waals surface area contributed by atoms with Crippen LogP contribution in [0.25, 0.3) is 6.08 Å². The van der Waals surface area contributed by atoms with E-state index < -0.39 is 5.97 Å². The molecule has 0 bridgehead atoms. The second-order valence-electron chi connectivity index (χ2n) is 3.02. The lowest BCUT2D eigenvalue weighted by molar-refractivity contribution is -0.137. The summed E-state index contributed by atoms with van der Waals surface area (Å²) >= 11 is 0. The van der Waals surface area contributed by atoms with Gasteiger partial charge in [0.15, 0.2) is 11.5 Å². The number of rotatable bonds is 4. The van der Waals surface area contributed by atoms with Crippen molar-refractivity contribution < 1.29 is 19.4 Å². The Bertz CT molecular complexity index is 396. The zero-order chi connectivity index (χ0) is 12.0. The summed E-state index contributed by atoms with van der Waals surface area (Å²) in [6.45, 7) is 2.09. The maximum atomic E-state index is 11.0. The van der Waals surface area contributed by atoms with Crippen LogP contribution in [0.2, 0.25) is 0 Å². The fourth-order valence-electron chi connectivity index (χ4n) is 1.15. The first kappa shape index (κ1) is 12.1. The number of hydrogen-bond acceptors (Lipinski definition) is 4. The maximum absolute atomic E-state index is 11.0. The maximum Gasteiger partial charge on any atom is 0.330 e. The van der Waals surface area contributed by atoms with Gasteiger partial charge in [-0.25, -0.2) is 4.79 Å². The summed E-state index contributed by atoms with van der Waals surface area (Å²) < 4.78 is 9.68. The highest BCUT2D eigenvalue weighted by Crippen LogP contribution is 2.26. The first-order valence-electron chi connectivity index (χ1n) is 4.89. The summed E-state index contributed by atoms with van der Waals surface area (Å²) in [6, 6.07) is 4.81. The Labute approximate surface area is 94.1 Å². The fourth-order valence-corrected chi connectivity index (χ4v) is 1.15. The Hall–Kier alpha value is -1.97. The minimum atomic E-state index is -0.394. The summed E-state index contributed by atoms with van der Waals surface area (Å²) in [4.78, 5) is 11.0. The van der Waals surface area contributed by atoms with Crippen molar-refractivity contribution in [2.45, 2.75) is 6.92 Å². The topological polar surface area (TPSA) is 55.8 Å². The van der Waals surface area contributed by atoms with Crippen LogP contribution < -0.4 is 4.74 Å². The smallest absolute Gasteiger partial charge is 0.330 e. The Morgan fingerprint density at radius 2 is 2.25 bits per heavy atom. The summed E-state index contributed by atoms with van der Waals surface area (Å²) in [6.07, 6.45) is 2.93. The number of carbonyl (C=O) groups is 1. The van der Waals surface area contributed by atoms with E-state index in [2.05, 4.69) is 0 Å². The minimum Gasteiger partial charge on any atom is -0.504 e. The van der Waals surface area contributed by atoms with E-state index in [0.29, 0.717) is 12.4 Å². The van der Waals surface area contributed by atoms with Gasteiger partial charge in [0, 0.05) is 6.08 Å². The molecule has 0 fully saturated rings. The molecule has 0 amide bonds. The Morgan fingerprint density at radius 3 is 2.88 bits per heavy atom. The van der Waals surface area contributed by atoms with Crippen LogP contribution >= 0.6 is 0 Å². The average Bonchev–Trinajstić information content (AvgIpc) is 2.28. The zero-order valence-electron chi connectivity index (χ0n) is 9.27. The third kappa shape index (κ3) is 3.31. The zero-order valence-corrected chi connectivity index (χ0v) is 9.27. The molecule has 0 unspecified atom stereocenters. The summed E-state index contributed by atoms with van der Waals surface area (Å²) in [5.74, 6) is 0.0383. The van der Waals surface area contributed by atoms with Crippen LogP contribution in [0.1, 0.15) is 12.5 Å². The van der Waals surface area contributed by atoms with Gasteiger partial charge < -0.3 is 14.6 Å². The number of carbonyl (C=O) groups excluding carboxylic acids is 1. The molecule has 0 aliphatic rings. The lowest BCUT2D eigenvalue weighted by Gasteiger charge is -2.03. The molecule has 0 radical (unpaired) electrons. The van der Waals surface area contributed by atoms with Gasteiger partial charge in [-0.1, -0.05) is 6.07 Å². The Morgan fingerprint density at radius 1 is 1.50 bits per heavy atom. The molecule has 4 heteroatoms. The van der Waals surface area contributed by atoms with Crippen molar-refractivity contribution in [3.8, 4) is 11.5 Å². The van der Waals surface area contributed by atoms with Gasteiger partial charge in [0.1, 0.15) is 0 Å². The van der Waals surface area contributed by atoms with Gasteiger partial charge in [0.2, 0.25) is 0 Å². The van der Waals surface area contributed by atoms with E-state index in [-0.39, 0.29) is 5.75 Å². The molecule has 4 nitrogen and oxygen atoms in total. The van der Waals surface area contributed by atoms with E-state index in [1.165, 1.54) is 19.3 Å². The largest absolute Gasteiger partial charge is 0.504 e. The van der Waals surface area contributed by atoms with Crippen LogP contribution in [0.4, 0.5) is 0 Å². The second kappa shape index (κ2) is 5.80. The van der Waals surface area contributed by atoms with Crippen LogP contribution in [0.15, 0.2) is 24.3 Å². The molecule has 0 aliphatic heterocycles. The monoisotopic (exact) mass is 222 g/mol. The van der Waals surface area contributed by atoms with E-state index in [0.717, 1.165) is 5.56 Å². The van der Waals surface area contributed by atoms with Crippen molar-refractivity contribution in [3.63, 3.8) is 0 Å². The Kier molecular flexibility index (Phi) is 4.39. The molecule has 0 saturated heterocycles. The Balaban J connectivity index is 2.78. The van der Waals surface area contributed by atoms with E-state index in [9.17, 15) is 9.90 Å². The summed E-state index contributed by atoms with van der Waals surface area (Å²) in [5.41, 5.74) is 0.753. The van der Waals surface area contributed by atoms with Crippen molar-refractivity contribution in [2.75, 3.05) is 13.7 Å². The third-order valence-electron chi connectivity index (χ3n) is 1.90. The molecule has 0 aromatic heterocycles. The molecular weight excluding hydrogens is 208 g/mol. The summed E-state index contributed by atoms with van der Waals surface area (Å²) in [5, 5.41) is 9.36. The van der Waals surface area contributed by atoms with Crippen LogP contribution in [-0.2, 0) is 9.53 Å². The van der Waals surface area contributed by atoms with Crippen LogP contribution in [0.3, 0.4) is 0 Å². The lowest BCUT2D eigenvalue weighted by atomic mass is 10.2. The third-order valence-corrected chi connectivity index (χ3v) is 1.90. The van der Waals surface area contributed by atoms with E-state index in [4.69, 9.17) is 9.47 Å². The van der Waals surface area contributed by atoms with Gasteiger partial charge in [0.05, 0.1) is 13.7 Å². The van der Waals surface area contributed by atoms with Crippen LogP contribution in [0, 0.1) is 0 Å². The van der Waals surface area contributed by atoms with Gasteiger partial charge in [0.25, 0.3) is 0 Å². The highest BCUT2D eigenvalue weighted by molar-refractivity contribution is 5.87. The normalized spacial score (nSPS) is 10.4. The molecule has 0 atom stereocenters. The second-order valence-corrected chi connectivity index (χ2v) is 3.02. The van der Waals surface area contributed by atoms with Crippen LogP contribution in [-0.4, -0.2) is 24.8 Å².